The molecule has 2 aromatic rings. The monoisotopic (exact) mass is 320 g/mol. The summed E-state index contributed by atoms with van der Waals surface area (Å²) in [6, 6.07) is 7.68. The van der Waals surface area contributed by atoms with Crippen LogP contribution in [0.3, 0.4) is 0 Å². The fraction of sp³-hybridized carbons (Fsp3) is 0.267. The number of hydrogen-bond acceptors (Lipinski definition) is 5. The van der Waals surface area contributed by atoms with Crippen molar-refractivity contribution >= 4 is 34.8 Å². The molecule has 2 N–H and O–H groups in total. The number of carbonyl (C=O) groups is 2. The Morgan fingerprint density at radius 2 is 2.00 bits per heavy atom. The molecule has 1 heterocycles. The van der Waals surface area contributed by atoms with Crippen LogP contribution in [-0.2, 0) is 17.6 Å². The summed E-state index contributed by atoms with van der Waals surface area (Å²) in [5, 5.41) is 1.80. The van der Waals surface area contributed by atoms with Gasteiger partial charge in [-0.05, 0) is 12.0 Å². The van der Waals surface area contributed by atoms with E-state index < -0.39 is 5.91 Å². The predicted molar refractivity (Wildman–Crippen MR) is 85.9 cm³/mol. The van der Waals surface area contributed by atoms with E-state index in [2.05, 4.69) is 11.9 Å². The summed E-state index contributed by atoms with van der Waals surface area (Å²) in [4.78, 5) is 27.2. The van der Waals surface area contributed by atoms with Gasteiger partial charge in [0.25, 0.3) is 0 Å². The number of thiazole rings is 1. The van der Waals surface area contributed by atoms with E-state index in [1.165, 1.54) is 28.7 Å². The topological polar surface area (TPSA) is 73.1 Å². The smallest absolute Gasteiger partial charge is 0.223 e. The van der Waals surface area contributed by atoms with Gasteiger partial charge in [-0.15, -0.1) is 11.3 Å². The average Bonchev–Trinajstić information content (AvgIpc) is 2.91. The van der Waals surface area contributed by atoms with Gasteiger partial charge in [0.15, 0.2) is 10.1 Å². The van der Waals surface area contributed by atoms with Crippen molar-refractivity contribution in [2.45, 2.75) is 24.1 Å². The largest absolute Gasteiger partial charge is 0.369 e. The third-order valence-corrected chi connectivity index (χ3v) is 4.97. The van der Waals surface area contributed by atoms with Crippen molar-refractivity contribution in [1.29, 1.82) is 0 Å². The van der Waals surface area contributed by atoms with Gasteiger partial charge in [0, 0.05) is 10.9 Å². The van der Waals surface area contributed by atoms with Crippen molar-refractivity contribution in [3.05, 3.63) is 46.5 Å². The van der Waals surface area contributed by atoms with E-state index >= 15 is 0 Å². The minimum absolute atomic E-state index is 0.0781. The molecule has 1 aromatic carbocycles. The summed E-state index contributed by atoms with van der Waals surface area (Å²) < 4.78 is 0.782. The number of aryl methyl sites for hydroxylation is 1. The molecule has 0 radical (unpaired) electrons. The van der Waals surface area contributed by atoms with E-state index in [4.69, 9.17) is 5.73 Å². The molecule has 1 aromatic heterocycles. The summed E-state index contributed by atoms with van der Waals surface area (Å²) in [5.41, 5.74) is 7.72. The van der Waals surface area contributed by atoms with Gasteiger partial charge in [-0.25, -0.2) is 4.98 Å². The number of benzene rings is 1. The van der Waals surface area contributed by atoms with Crippen molar-refractivity contribution in [3.8, 4) is 0 Å². The molecule has 21 heavy (non-hydrogen) atoms. The van der Waals surface area contributed by atoms with Gasteiger partial charge in [0.05, 0.1) is 17.9 Å². The second kappa shape index (κ2) is 7.38. The number of primary amides is 1. The maximum Gasteiger partial charge on any atom is 0.223 e. The number of nitrogens with zero attached hydrogens (tertiary/aromatic N) is 1. The highest BCUT2D eigenvalue weighted by Gasteiger charge is 2.10. The molecule has 4 nitrogen and oxygen atoms in total. The molecule has 0 aliphatic heterocycles. The lowest BCUT2D eigenvalue weighted by molar-refractivity contribution is -0.117. The van der Waals surface area contributed by atoms with E-state index in [0.29, 0.717) is 17.0 Å². The number of nitrogens with two attached hydrogens (primary N) is 1. The lowest BCUT2D eigenvalue weighted by Crippen LogP contribution is -2.13. The summed E-state index contributed by atoms with van der Waals surface area (Å²) >= 11 is 2.81. The van der Waals surface area contributed by atoms with E-state index in [9.17, 15) is 9.59 Å². The number of ketones is 1. The molecule has 0 saturated carbocycles. The second-order valence-electron chi connectivity index (χ2n) is 4.51. The number of amides is 1. The fourth-order valence-corrected chi connectivity index (χ4v) is 3.49. The molecule has 0 fully saturated rings. The molecule has 6 heteroatoms. The summed E-state index contributed by atoms with van der Waals surface area (Å²) in [6.07, 6.45) is 1.11. The van der Waals surface area contributed by atoms with Gasteiger partial charge in [0.2, 0.25) is 5.91 Å². The first-order chi connectivity index (χ1) is 10.1. The summed E-state index contributed by atoms with van der Waals surface area (Å²) in [5.74, 6) is 0.0212. The summed E-state index contributed by atoms with van der Waals surface area (Å²) in [6.45, 7) is 2.08. The lowest BCUT2D eigenvalue weighted by atomic mass is 10.1. The first-order valence-corrected chi connectivity index (χ1v) is 8.42. The molecule has 0 aliphatic carbocycles. The maximum atomic E-state index is 12.1. The zero-order valence-electron chi connectivity index (χ0n) is 11.7. The van der Waals surface area contributed by atoms with Crippen LogP contribution in [0.15, 0.2) is 34.0 Å². The van der Waals surface area contributed by atoms with Crippen LogP contribution in [0.4, 0.5) is 0 Å². The van der Waals surface area contributed by atoms with Crippen molar-refractivity contribution in [1.82, 2.24) is 4.98 Å². The first-order valence-electron chi connectivity index (χ1n) is 6.56. The number of Topliss-reactive ketones (excluding diaryl/α,β-unsaturated/α-hetero) is 1. The SMILES string of the molecule is CCc1ccc(C(=O)CSc2nc(CC(N)=O)cs2)cc1. The van der Waals surface area contributed by atoms with Crippen LogP contribution in [-0.4, -0.2) is 22.4 Å². The molecule has 0 unspecified atom stereocenters. The lowest BCUT2D eigenvalue weighted by Gasteiger charge is -2.01. The average molecular weight is 320 g/mol. The highest BCUT2D eigenvalue weighted by molar-refractivity contribution is 8.01. The van der Waals surface area contributed by atoms with Crippen LogP contribution in [0.2, 0.25) is 0 Å². The van der Waals surface area contributed by atoms with Gasteiger partial charge in [-0.3, -0.25) is 9.59 Å². The van der Waals surface area contributed by atoms with Crippen molar-refractivity contribution < 1.29 is 9.59 Å². The van der Waals surface area contributed by atoms with Gasteiger partial charge in [0.1, 0.15) is 0 Å². The Balaban J connectivity index is 1.91. The normalized spacial score (nSPS) is 10.5. The molecule has 0 saturated heterocycles. The zero-order chi connectivity index (χ0) is 15.2. The maximum absolute atomic E-state index is 12.1. The quantitative estimate of drug-likeness (QED) is 0.629. The van der Waals surface area contributed by atoms with Crippen molar-refractivity contribution in [2.24, 2.45) is 5.73 Å². The second-order valence-corrected chi connectivity index (χ2v) is 6.59. The third kappa shape index (κ3) is 4.68. The van der Waals surface area contributed by atoms with E-state index in [1.807, 2.05) is 24.3 Å². The Labute approximate surface area is 131 Å². The van der Waals surface area contributed by atoms with E-state index in [1.54, 1.807) is 5.38 Å². The molecular formula is C15H16N2O2S2. The number of thioether (sulfide) groups is 1. The number of hydrogen-bond donors (Lipinski definition) is 1. The molecule has 1 amide bonds. The Bertz CT molecular complexity index is 635. The highest BCUT2D eigenvalue weighted by atomic mass is 32.2. The van der Waals surface area contributed by atoms with Crippen LogP contribution in [0.25, 0.3) is 0 Å². The van der Waals surface area contributed by atoms with Crippen molar-refractivity contribution in [3.63, 3.8) is 0 Å². The van der Waals surface area contributed by atoms with Gasteiger partial charge >= 0.3 is 0 Å². The number of rotatable bonds is 7. The molecular weight excluding hydrogens is 304 g/mol. The predicted octanol–water partition coefficient (Wildman–Crippen LogP) is 2.71. The van der Waals surface area contributed by atoms with Crippen LogP contribution in [0.1, 0.15) is 28.5 Å². The third-order valence-electron chi connectivity index (χ3n) is 2.90. The summed E-state index contributed by atoms with van der Waals surface area (Å²) in [7, 11) is 0. The fourth-order valence-electron chi connectivity index (χ4n) is 1.75. The molecule has 0 aliphatic rings. The standard InChI is InChI=1S/C15H16N2O2S2/c1-2-10-3-5-11(6-4-10)13(18)9-21-15-17-12(8-20-15)7-14(16)19/h3-6,8H,2,7,9H2,1H3,(H2,16,19). The Morgan fingerprint density at radius 1 is 1.29 bits per heavy atom. The number of carbonyl (C=O) groups excluding carboxylic acids is 2. The van der Waals surface area contributed by atoms with Gasteiger partial charge in [-0.2, -0.15) is 0 Å². The molecule has 0 atom stereocenters. The Kier molecular flexibility index (Phi) is 5.52. The van der Waals surface area contributed by atoms with Crippen LogP contribution >= 0.6 is 23.1 Å². The molecule has 110 valence electrons. The zero-order valence-corrected chi connectivity index (χ0v) is 13.3. The molecule has 2 rings (SSSR count). The Morgan fingerprint density at radius 3 is 2.62 bits per heavy atom. The van der Waals surface area contributed by atoms with Crippen LogP contribution in [0, 0.1) is 0 Å². The first kappa shape index (κ1) is 15.7. The van der Waals surface area contributed by atoms with Gasteiger partial charge in [-0.1, -0.05) is 43.0 Å². The van der Waals surface area contributed by atoms with Gasteiger partial charge < -0.3 is 5.73 Å². The van der Waals surface area contributed by atoms with Crippen LogP contribution < -0.4 is 5.73 Å². The van der Waals surface area contributed by atoms with E-state index in [0.717, 1.165) is 10.8 Å². The Hall–Kier alpha value is -1.66. The minimum atomic E-state index is -0.399. The highest BCUT2D eigenvalue weighted by Crippen LogP contribution is 2.23. The van der Waals surface area contributed by atoms with E-state index in [-0.39, 0.29) is 12.2 Å². The van der Waals surface area contributed by atoms with Crippen LogP contribution in [0.5, 0.6) is 0 Å². The minimum Gasteiger partial charge on any atom is -0.369 e. The number of aromatic nitrogens is 1. The molecule has 0 spiro atoms. The molecule has 0 bridgehead atoms. The van der Waals surface area contributed by atoms with Crippen molar-refractivity contribution in [2.75, 3.05) is 5.75 Å².